The highest BCUT2D eigenvalue weighted by molar-refractivity contribution is 6.00. The fourth-order valence-corrected chi connectivity index (χ4v) is 2.70. The predicted octanol–water partition coefficient (Wildman–Crippen LogP) is 1.53. The number of aryl methyl sites for hydroxylation is 1. The number of aromatic nitrogens is 1. The molecule has 0 saturated carbocycles. The van der Waals surface area contributed by atoms with E-state index in [-0.39, 0.29) is 11.9 Å². The molecule has 3 rings (SSSR count). The van der Waals surface area contributed by atoms with Crippen LogP contribution in [0.3, 0.4) is 0 Å². The smallest absolute Gasteiger partial charge is 0.256 e. The van der Waals surface area contributed by atoms with Gasteiger partial charge in [-0.3, -0.25) is 9.78 Å². The van der Waals surface area contributed by atoms with Crippen molar-refractivity contribution in [2.45, 2.75) is 26.8 Å². The van der Waals surface area contributed by atoms with Crippen LogP contribution in [-0.2, 0) is 4.74 Å². The second-order valence-corrected chi connectivity index (χ2v) is 4.80. The summed E-state index contributed by atoms with van der Waals surface area (Å²) in [7, 11) is 0. The van der Waals surface area contributed by atoms with Crippen molar-refractivity contribution in [3.8, 4) is 0 Å². The van der Waals surface area contributed by atoms with E-state index < -0.39 is 0 Å². The van der Waals surface area contributed by atoms with Crippen LogP contribution < -0.4 is 0 Å². The Balaban J connectivity index is 2.21. The van der Waals surface area contributed by atoms with Gasteiger partial charge in [0.15, 0.2) is 0 Å². The fourth-order valence-electron chi connectivity index (χ4n) is 2.70. The predicted molar refractivity (Wildman–Crippen MR) is 63.0 cm³/mol. The summed E-state index contributed by atoms with van der Waals surface area (Å²) in [5.41, 5.74) is 4.94. The Morgan fingerprint density at radius 2 is 2.06 bits per heavy atom. The third kappa shape index (κ3) is 1.33. The van der Waals surface area contributed by atoms with Gasteiger partial charge >= 0.3 is 0 Å². The van der Waals surface area contributed by atoms with E-state index in [0.29, 0.717) is 19.8 Å². The molecule has 1 unspecified atom stereocenters. The SMILES string of the molecule is Cc1nc2c(c(C)c1C)C(=O)N1CCOCC21. The van der Waals surface area contributed by atoms with Crippen molar-refractivity contribution in [2.24, 2.45) is 0 Å². The van der Waals surface area contributed by atoms with Gasteiger partial charge in [-0.25, -0.2) is 0 Å². The molecular formula is C13H16N2O2. The Labute approximate surface area is 101 Å². The lowest BCUT2D eigenvalue weighted by Gasteiger charge is -2.29. The maximum absolute atomic E-state index is 12.3. The standard InChI is InChI=1S/C13H16N2O2/c1-7-8(2)11-12(14-9(7)3)10-6-17-5-4-15(10)13(11)16/h10H,4-6H2,1-3H3. The summed E-state index contributed by atoms with van der Waals surface area (Å²) >= 11 is 0. The van der Waals surface area contributed by atoms with Crippen molar-refractivity contribution >= 4 is 5.91 Å². The zero-order valence-electron chi connectivity index (χ0n) is 10.4. The van der Waals surface area contributed by atoms with Gasteiger partial charge in [0.05, 0.1) is 30.5 Å². The molecule has 0 bridgehead atoms. The van der Waals surface area contributed by atoms with Crippen LogP contribution >= 0.6 is 0 Å². The lowest BCUT2D eigenvalue weighted by molar-refractivity contribution is 0.00352. The lowest BCUT2D eigenvalue weighted by Crippen LogP contribution is -2.38. The molecule has 17 heavy (non-hydrogen) atoms. The van der Waals surface area contributed by atoms with Gasteiger partial charge in [0.25, 0.3) is 5.91 Å². The lowest BCUT2D eigenvalue weighted by atomic mass is 10.0. The first-order valence-electron chi connectivity index (χ1n) is 5.97. The van der Waals surface area contributed by atoms with Gasteiger partial charge in [-0.15, -0.1) is 0 Å². The maximum atomic E-state index is 12.3. The van der Waals surface area contributed by atoms with Crippen molar-refractivity contribution in [3.05, 3.63) is 28.1 Å². The molecule has 0 spiro atoms. The highest BCUT2D eigenvalue weighted by atomic mass is 16.5. The monoisotopic (exact) mass is 232 g/mol. The molecule has 2 aliphatic heterocycles. The van der Waals surface area contributed by atoms with Crippen molar-refractivity contribution in [1.29, 1.82) is 0 Å². The minimum atomic E-state index is 0.0317. The molecule has 1 aromatic rings. The van der Waals surface area contributed by atoms with E-state index in [9.17, 15) is 4.79 Å². The number of nitrogens with zero attached hydrogens (tertiary/aromatic N) is 2. The van der Waals surface area contributed by atoms with E-state index in [0.717, 1.165) is 28.1 Å². The van der Waals surface area contributed by atoms with Crippen LogP contribution in [0.25, 0.3) is 0 Å². The minimum Gasteiger partial charge on any atom is -0.377 e. The number of morpholine rings is 1. The summed E-state index contributed by atoms with van der Waals surface area (Å²) in [6, 6.07) is 0.0317. The molecule has 0 aromatic carbocycles. The Hall–Kier alpha value is -1.42. The van der Waals surface area contributed by atoms with E-state index in [1.165, 1.54) is 0 Å². The molecule has 1 aromatic heterocycles. The summed E-state index contributed by atoms with van der Waals surface area (Å²) < 4.78 is 5.46. The van der Waals surface area contributed by atoms with Crippen LogP contribution in [0.1, 0.15) is 38.9 Å². The van der Waals surface area contributed by atoms with E-state index in [2.05, 4.69) is 4.98 Å². The quantitative estimate of drug-likeness (QED) is 0.681. The van der Waals surface area contributed by atoms with Crippen LogP contribution in [-0.4, -0.2) is 35.5 Å². The summed E-state index contributed by atoms with van der Waals surface area (Å²) in [6.07, 6.45) is 0. The van der Waals surface area contributed by atoms with Crippen LogP contribution in [0.4, 0.5) is 0 Å². The molecule has 0 aliphatic carbocycles. The summed E-state index contributed by atoms with van der Waals surface area (Å²) in [6.45, 7) is 7.93. The van der Waals surface area contributed by atoms with Crippen molar-refractivity contribution in [2.75, 3.05) is 19.8 Å². The molecule has 90 valence electrons. The van der Waals surface area contributed by atoms with Gasteiger partial charge in [0.1, 0.15) is 0 Å². The molecule has 4 nitrogen and oxygen atoms in total. The highest BCUT2D eigenvalue weighted by Crippen LogP contribution is 2.37. The first-order chi connectivity index (χ1) is 8.11. The third-order valence-corrected chi connectivity index (χ3v) is 3.94. The van der Waals surface area contributed by atoms with Crippen molar-refractivity contribution in [1.82, 2.24) is 9.88 Å². The number of rotatable bonds is 0. The number of ether oxygens (including phenoxy) is 1. The molecule has 1 atom stereocenters. The van der Waals surface area contributed by atoms with Gasteiger partial charge in [-0.1, -0.05) is 0 Å². The first kappa shape index (κ1) is 10.7. The zero-order valence-corrected chi connectivity index (χ0v) is 10.4. The number of carbonyl (C=O) groups is 1. The molecule has 1 fully saturated rings. The Bertz CT molecular complexity index is 511. The summed E-state index contributed by atoms with van der Waals surface area (Å²) in [4.78, 5) is 18.8. The molecule has 1 saturated heterocycles. The second kappa shape index (κ2) is 3.53. The molecule has 2 aliphatic rings. The average molecular weight is 232 g/mol. The number of pyridine rings is 1. The minimum absolute atomic E-state index is 0.0317. The molecule has 1 amide bonds. The Morgan fingerprint density at radius 1 is 1.29 bits per heavy atom. The fraction of sp³-hybridized carbons (Fsp3) is 0.538. The van der Waals surface area contributed by atoms with Gasteiger partial charge in [0.2, 0.25) is 0 Å². The normalized spacial score (nSPS) is 22.6. The second-order valence-electron chi connectivity index (χ2n) is 4.80. The van der Waals surface area contributed by atoms with E-state index in [4.69, 9.17) is 4.74 Å². The number of hydrogen-bond acceptors (Lipinski definition) is 3. The van der Waals surface area contributed by atoms with E-state index in [1.54, 1.807) is 0 Å². The van der Waals surface area contributed by atoms with Crippen LogP contribution in [0.2, 0.25) is 0 Å². The van der Waals surface area contributed by atoms with Gasteiger partial charge in [-0.2, -0.15) is 0 Å². The molecule has 0 N–H and O–H groups in total. The van der Waals surface area contributed by atoms with Crippen molar-refractivity contribution in [3.63, 3.8) is 0 Å². The number of carbonyl (C=O) groups excluding carboxylic acids is 1. The van der Waals surface area contributed by atoms with Gasteiger partial charge < -0.3 is 9.64 Å². The van der Waals surface area contributed by atoms with Crippen LogP contribution in [0, 0.1) is 20.8 Å². The summed E-state index contributed by atoms with van der Waals surface area (Å²) in [5, 5.41) is 0. The van der Waals surface area contributed by atoms with Gasteiger partial charge in [-0.05, 0) is 31.9 Å². The Morgan fingerprint density at radius 3 is 2.82 bits per heavy atom. The topological polar surface area (TPSA) is 42.4 Å². The largest absolute Gasteiger partial charge is 0.377 e. The molecule has 3 heterocycles. The maximum Gasteiger partial charge on any atom is 0.256 e. The first-order valence-corrected chi connectivity index (χ1v) is 5.97. The van der Waals surface area contributed by atoms with Crippen LogP contribution in [0.5, 0.6) is 0 Å². The van der Waals surface area contributed by atoms with E-state index >= 15 is 0 Å². The molecule has 4 heteroatoms. The van der Waals surface area contributed by atoms with Crippen molar-refractivity contribution < 1.29 is 9.53 Å². The van der Waals surface area contributed by atoms with Crippen LogP contribution in [0.15, 0.2) is 0 Å². The Kier molecular flexibility index (Phi) is 2.23. The average Bonchev–Trinajstić information content (AvgIpc) is 2.61. The highest BCUT2D eigenvalue weighted by Gasteiger charge is 2.41. The molecular weight excluding hydrogens is 216 g/mol. The molecule has 0 radical (unpaired) electrons. The van der Waals surface area contributed by atoms with Gasteiger partial charge in [0, 0.05) is 12.2 Å². The third-order valence-electron chi connectivity index (χ3n) is 3.94. The number of amides is 1. The summed E-state index contributed by atoms with van der Waals surface area (Å²) in [5.74, 6) is 0.126. The number of fused-ring (bicyclic) bond motifs is 3. The zero-order chi connectivity index (χ0) is 12.2. The van der Waals surface area contributed by atoms with E-state index in [1.807, 2.05) is 25.7 Å². The number of hydrogen-bond donors (Lipinski definition) is 0.